The van der Waals surface area contributed by atoms with Crippen LogP contribution in [0.15, 0.2) is 36.4 Å². The van der Waals surface area contributed by atoms with Crippen LogP contribution in [0, 0.1) is 13.7 Å². The number of hydrogen-bond acceptors (Lipinski definition) is 4. The van der Waals surface area contributed by atoms with Crippen molar-refractivity contribution >= 4 is 56.9 Å². The molecule has 2 rings (SSSR count). The van der Waals surface area contributed by atoms with Crippen molar-refractivity contribution in [2.75, 3.05) is 17.2 Å². The Morgan fingerprint density at radius 2 is 1.95 bits per heavy atom. The van der Waals surface area contributed by atoms with Crippen molar-refractivity contribution in [3.8, 4) is 0 Å². The molecule has 0 radical (unpaired) electrons. The van der Waals surface area contributed by atoms with E-state index >= 15 is 0 Å². The number of hydrogen-bond donors (Lipinski definition) is 2. The van der Waals surface area contributed by atoms with E-state index < -0.39 is 0 Å². The molecule has 0 aliphatic heterocycles. The van der Waals surface area contributed by atoms with Gasteiger partial charge in [0.25, 0.3) is 0 Å². The van der Waals surface area contributed by atoms with Crippen molar-refractivity contribution in [3.63, 3.8) is 0 Å². The van der Waals surface area contributed by atoms with Crippen LogP contribution in [0.5, 0.6) is 0 Å². The molecule has 0 atom stereocenters. The lowest BCUT2D eigenvalue weighted by molar-refractivity contribution is -0.383. The Labute approximate surface area is 141 Å². The van der Waals surface area contributed by atoms with Gasteiger partial charge in [-0.15, -0.1) is 0 Å². The van der Waals surface area contributed by atoms with Gasteiger partial charge in [-0.25, -0.2) is 0 Å². The van der Waals surface area contributed by atoms with Gasteiger partial charge in [-0.3, -0.25) is 10.1 Å². The fourth-order valence-corrected chi connectivity index (χ4v) is 2.92. The zero-order valence-corrected chi connectivity index (χ0v) is 14.1. The van der Waals surface area contributed by atoms with E-state index in [1.54, 1.807) is 36.4 Å². The van der Waals surface area contributed by atoms with Crippen LogP contribution < -0.4 is 10.6 Å². The van der Waals surface area contributed by atoms with Crippen LogP contribution in [0.3, 0.4) is 0 Å². The molecule has 0 saturated heterocycles. The minimum Gasteiger partial charge on any atom is -0.380 e. The third kappa shape index (κ3) is 3.76. The first-order valence-corrected chi connectivity index (χ1v) is 7.72. The van der Waals surface area contributed by atoms with Crippen molar-refractivity contribution in [2.45, 2.75) is 6.92 Å². The number of halogens is 2. The largest absolute Gasteiger partial charge is 0.380 e. The number of anilines is 3. The molecule has 110 valence electrons. The first-order valence-electron chi connectivity index (χ1n) is 6.26. The molecule has 0 aliphatic rings. The van der Waals surface area contributed by atoms with E-state index in [0.29, 0.717) is 22.9 Å². The Kier molecular flexibility index (Phi) is 5.24. The number of nitrogens with one attached hydrogen (secondary N) is 2. The molecule has 0 heterocycles. The molecule has 0 bridgehead atoms. The molecule has 2 aromatic carbocycles. The lowest BCUT2D eigenvalue weighted by Gasteiger charge is -2.12. The summed E-state index contributed by atoms with van der Waals surface area (Å²) in [6.45, 7) is 2.51. The van der Waals surface area contributed by atoms with Gasteiger partial charge < -0.3 is 10.6 Å². The summed E-state index contributed by atoms with van der Waals surface area (Å²) in [5.41, 5.74) is 1.75. The quantitative estimate of drug-likeness (QED) is 0.407. The second-order valence-electron chi connectivity index (χ2n) is 4.24. The van der Waals surface area contributed by atoms with Crippen LogP contribution in [0.4, 0.5) is 22.7 Å². The highest BCUT2D eigenvalue weighted by Crippen LogP contribution is 2.36. The minimum absolute atomic E-state index is 0.0325. The van der Waals surface area contributed by atoms with Crippen LogP contribution in [-0.2, 0) is 0 Å². The molecule has 5 nitrogen and oxygen atoms in total. The molecular weight excluding hydrogens is 405 g/mol. The standard InChI is InChI=1S/C14H13ClIN3O2/c1-2-17-12-4-3-5-13(14(12)19(20)21)18-11-7-6-9(15)8-10(11)16/h3-8,17-18H,2H2,1H3. The van der Waals surface area contributed by atoms with Crippen molar-refractivity contribution in [1.29, 1.82) is 0 Å². The van der Waals surface area contributed by atoms with Gasteiger partial charge in [-0.05, 0) is 59.8 Å². The second-order valence-corrected chi connectivity index (χ2v) is 5.84. The monoisotopic (exact) mass is 417 g/mol. The molecule has 7 heteroatoms. The van der Waals surface area contributed by atoms with Gasteiger partial charge in [-0.2, -0.15) is 0 Å². The lowest BCUT2D eigenvalue weighted by Crippen LogP contribution is -2.04. The maximum absolute atomic E-state index is 11.3. The number of nitro groups is 1. The fraction of sp³-hybridized carbons (Fsp3) is 0.143. The third-order valence-corrected chi connectivity index (χ3v) is 3.91. The van der Waals surface area contributed by atoms with Crippen LogP contribution in [-0.4, -0.2) is 11.5 Å². The summed E-state index contributed by atoms with van der Waals surface area (Å²) in [7, 11) is 0. The normalized spacial score (nSPS) is 10.2. The van der Waals surface area contributed by atoms with Crippen LogP contribution in [0.2, 0.25) is 5.02 Å². The Balaban J connectivity index is 2.43. The van der Waals surface area contributed by atoms with Crippen molar-refractivity contribution in [3.05, 3.63) is 55.1 Å². The summed E-state index contributed by atoms with van der Waals surface area (Å²) in [5, 5.41) is 18.1. The molecule has 0 unspecified atom stereocenters. The first-order chi connectivity index (χ1) is 10.0. The first kappa shape index (κ1) is 15.8. The fourth-order valence-electron chi connectivity index (χ4n) is 1.91. The Morgan fingerprint density at radius 3 is 2.57 bits per heavy atom. The Morgan fingerprint density at radius 1 is 1.24 bits per heavy atom. The van der Waals surface area contributed by atoms with Gasteiger partial charge in [0.15, 0.2) is 0 Å². The molecule has 2 aromatic rings. The average Bonchev–Trinajstić information content (AvgIpc) is 2.42. The number of nitrogens with zero attached hydrogens (tertiary/aromatic N) is 1. The minimum atomic E-state index is -0.386. The summed E-state index contributed by atoms with van der Waals surface area (Å²) in [4.78, 5) is 11.0. The highest BCUT2D eigenvalue weighted by molar-refractivity contribution is 14.1. The van der Waals surface area contributed by atoms with Crippen LogP contribution >= 0.6 is 34.2 Å². The van der Waals surface area contributed by atoms with Crippen LogP contribution in [0.1, 0.15) is 6.92 Å². The van der Waals surface area contributed by atoms with Gasteiger partial charge in [0.2, 0.25) is 0 Å². The van der Waals surface area contributed by atoms with Gasteiger partial charge in [0, 0.05) is 15.1 Å². The molecule has 21 heavy (non-hydrogen) atoms. The van der Waals surface area contributed by atoms with Gasteiger partial charge in [0.05, 0.1) is 10.6 Å². The maximum atomic E-state index is 11.3. The van der Waals surface area contributed by atoms with E-state index in [0.717, 1.165) is 9.26 Å². The van der Waals surface area contributed by atoms with Crippen molar-refractivity contribution in [2.24, 2.45) is 0 Å². The van der Waals surface area contributed by atoms with E-state index in [2.05, 4.69) is 33.2 Å². The van der Waals surface area contributed by atoms with E-state index in [1.165, 1.54) is 0 Å². The highest BCUT2D eigenvalue weighted by Gasteiger charge is 2.19. The number of rotatable bonds is 5. The molecular formula is C14H13ClIN3O2. The van der Waals surface area contributed by atoms with Crippen LogP contribution in [0.25, 0.3) is 0 Å². The molecule has 0 spiro atoms. The van der Waals surface area contributed by atoms with E-state index in [1.807, 2.05) is 6.92 Å². The number of benzene rings is 2. The van der Waals surface area contributed by atoms with Gasteiger partial charge in [0.1, 0.15) is 11.4 Å². The van der Waals surface area contributed by atoms with E-state index in [4.69, 9.17) is 11.6 Å². The highest BCUT2D eigenvalue weighted by atomic mass is 127. The smallest absolute Gasteiger partial charge is 0.315 e. The number of nitro benzene ring substituents is 1. The zero-order chi connectivity index (χ0) is 15.4. The van der Waals surface area contributed by atoms with Gasteiger partial charge >= 0.3 is 5.69 Å². The SMILES string of the molecule is CCNc1cccc(Nc2ccc(Cl)cc2I)c1[N+](=O)[O-]. The lowest BCUT2D eigenvalue weighted by atomic mass is 10.2. The summed E-state index contributed by atoms with van der Waals surface area (Å²) in [6, 6.07) is 10.5. The van der Waals surface area contributed by atoms with Crippen molar-refractivity contribution in [1.82, 2.24) is 0 Å². The summed E-state index contributed by atoms with van der Waals surface area (Å²) in [6.07, 6.45) is 0. The number of para-hydroxylation sites is 1. The topological polar surface area (TPSA) is 67.2 Å². The molecule has 0 aliphatic carbocycles. The summed E-state index contributed by atoms with van der Waals surface area (Å²) in [5.74, 6) is 0. The van der Waals surface area contributed by atoms with Gasteiger partial charge in [-0.1, -0.05) is 17.7 Å². The Hall–Kier alpha value is -1.54. The molecule has 2 N–H and O–H groups in total. The Bertz CT molecular complexity index is 679. The zero-order valence-electron chi connectivity index (χ0n) is 11.2. The van der Waals surface area contributed by atoms with E-state index in [9.17, 15) is 10.1 Å². The predicted octanol–water partition coefficient (Wildman–Crippen LogP) is 5.03. The summed E-state index contributed by atoms with van der Waals surface area (Å²) < 4.78 is 0.892. The maximum Gasteiger partial charge on any atom is 0.315 e. The molecule has 0 saturated carbocycles. The van der Waals surface area contributed by atoms with Crippen molar-refractivity contribution < 1.29 is 4.92 Å². The second kappa shape index (κ2) is 6.95. The van der Waals surface area contributed by atoms with E-state index in [-0.39, 0.29) is 10.6 Å². The molecule has 0 aromatic heterocycles. The third-order valence-electron chi connectivity index (χ3n) is 2.79. The summed E-state index contributed by atoms with van der Waals surface area (Å²) >= 11 is 8.05. The molecule has 0 amide bonds. The molecule has 0 fully saturated rings. The average molecular weight is 418 g/mol. The predicted molar refractivity (Wildman–Crippen MR) is 94.7 cm³/mol.